The first-order valence-corrected chi connectivity index (χ1v) is 12.5. The van der Waals surface area contributed by atoms with E-state index in [0.29, 0.717) is 0 Å². The van der Waals surface area contributed by atoms with E-state index in [1.165, 1.54) is 13.0 Å². The van der Waals surface area contributed by atoms with Crippen molar-refractivity contribution in [3.63, 3.8) is 0 Å². The van der Waals surface area contributed by atoms with Crippen molar-refractivity contribution in [2.45, 2.75) is 40.2 Å². The minimum atomic E-state index is -0.0758. The lowest BCUT2D eigenvalue weighted by Crippen LogP contribution is -3.00. The van der Waals surface area contributed by atoms with Gasteiger partial charge in [0.15, 0.2) is 6.10 Å². The van der Waals surface area contributed by atoms with Gasteiger partial charge in [-0.05, 0) is 12.8 Å². The lowest BCUT2D eigenvalue weighted by Gasteiger charge is -2.48. The summed E-state index contributed by atoms with van der Waals surface area (Å²) >= 11 is 4.24. The highest BCUT2D eigenvalue weighted by Gasteiger charge is 2.41. The van der Waals surface area contributed by atoms with Crippen molar-refractivity contribution >= 4 is 37.2 Å². The van der Waals surface area contributed by atoms with Crippen LogP contribution in [-0.2, 0) is 4.84 Å². The van der Waals surface area contributed by atoms with Crippen LogP contribution in [0.5, 0.6) is 0 Å². The van der Waals surface area contributed by atoms with Gasteiger partial charge in [-0.2, -0.15) is 5.48 Å². The quantitative estimate of drug-likeness (QED) is 0.203. The normalized spacial score (nSPS) is 24.2. The minimum Gasteiger partial charge on any atom is -1.00 e. The van der Waals surface area contributed by atoms with Crippen LogP contribution >= 0.6 is 37.2 Å². The Morgan fingerprint density at radius 2 is 1.79 bits per heavy atom. The first-order valence-electron chi connectivity index (χ1n) is 6.24. The Bertz CT molecular complexity index is 180. The van der Waals surface area contributed by atoms with E-state index in [-0.39, 0.29) is 25.9 Å². The molecule has 0 radical (unpaired) electrons. The molecule has 0 aromatic rings. The zero-order valence-electron chi connectivity index (χ0n) is 11.2. The highest BCUT2D eigenvalue weighted by Crippen LogP contribution is 2.20. The number of rotatable bonds is 8. The fourth-order valence-electron chi connectivity index (χ4n) is 2.32. The zero-order valence-corrected chi connectivity index (χ0v) is 16.2. The van der Waals surface area contributed by atoms with Gasteiger partial charge in [0, 0.05) is 37.2 Å². The predicted molar refractivity (Wildman–Crippen MR) is 95.0 cm³/mol. The molecule has 0 spiro atoms. The Hall–Kier alpha value is 1.59. The number of nitrogens with one attached hydrogen (secondary N) is 1. The van der Waals surface area contributed by atoms with Crippen LogP contribution in [0.15, 0.2) is 0 Å². The van der Waals surface area contributed by atoms with Gasteiger partial charge in [-0.15, -0.1) is 0 Å². The van der Waals surface area contributed by atoms with Crippen molar-refractivity contribution in [3.05, 3.63) is 0 Å². The summed E-state index contributed by atoms with van der Waals surface area (Å²) in [6.07, 6.45) is 2.15. The molecule has 7 heteroatoms. The summed E-state index contributed by atoms with van der Waals surface area (Å²) in [4.78, 5) is 5.23. The maximum Gasteiger partial charge on any atom is 0.152 e. The van der Waals surface area contributed by atoms with Crippen LogP contribution in [-0.4, -0.2) is 55.0 Å². The molecule has 0 unspecified atom stereocenters. The average molecular weight is 523 g/mol. The van der Waals surface area contributed by atoms with Gasteiger partial charge in [0.1, 0.15) is 13.1 Å². The Kier molecular flexibility index (Phi) is 21.5. The van der Waals surface area contributed by atoms with Crippen molar-refractivity contribution < 1.29 is 26.8 Å². The van der Waals surface area contributed by atoms with Crippen LogP contribution in [0.25, 0.3) is 0 Å². The first-order chi connectivity index (χ1) is 8.22. The number of aliphatic hydroxyl groups is 1. The predicted octanol–water partition coefficient (Wildman–Crippen LogP) is -0.0696. The maximum absolute atomic E-state index is 9.38. The summed E-state index contributed by atoms with van der Waals surface area (Å²) in [5.74, 6) is 0. The molecule has 0 saturated carbocycles. The molecule has 120 valence electrons. The molecule has 0 amide bonds. The van der Waals surface area contributed by atoms with E-state index in [1.807, 2.05) is 0 Å². The van der Waals surface area contributed by atoms with E-state index in [9.17, 15) is 5.11 Å². The van der Waals surface area contributed by atoms with E-state index in [2.05, 4.69) is 56.6 Å². The van der Waals surface area contributed by atoms with E-state index in [0.717, 1.165) is 43.7 Å². The second-order valence-electron chi connectivity index (χ2n) is 4.55. The van der Waals surface area contributed by atoms with E-state index >= 15 is 0 Å². The van der Waals surface area contributed by atoms with Gasteiger partial charge < -0.3 is 26.8 Å². The highest BCUT2D eigenvalue weighted by molar-refractivity contribution is 15.0. The van der Waals surface area contributed by atoms with Crippen molar-refractivity contribution in [1.29, 1.82) is 0 Å². The second kappa shape index (κ2) is 16.0. The third kappa shape index (κ3) is 10.9. The molecule has 0 atom stereocenters. The summed E-state index contributed by atoms with van der Waals surface area (Å²) in [6, 6.07) is 0. The van der Waals surface area contributed by atoms with Crippen LogP contribution < -0.4 is 17.9 Å². The van der Waals surface area contributed by atoms with Gasteiger partial charge in [0.05, 0.1) is 26.2 Å². The Balaban J connectivity index is -0.000000609. The van der Waals surface area contributed by atoms with Crippen LogP contribution in [0.1, 0.15) is 34.1 Å². The monoisotopic (exact) mass is 522 g/mol. The maximum atomic E-state index is 9.38. The SMILES string of the molecule is C.CCCONCC[N+]1(CCC)CC(O)C1.II.[Cl-]. The molecule has 0 aromatic carbocycles. The van der Waals surface area contributed by atoms with Gasteiger partial charge in [-0.1, -0.05) is 21.3 Å². The third-order valence-corrected chi connectivity index (χ3v) is 2.99. The standard InChI is InChI=1S/C11H25N2O2.CH4.ClH.I2/c1-3-6-13(9-11(14)10-13)7-5-12-15-8-4-2;;;1-2/h11-12,14H,3-10H2,1-2H3;1H4;1H;/q+1;;;/p-1. The smallest absolute Gasteiger partial charge is 0.152 e. The van der Waals surface area contributed by atoms with E-state index in [4.69, 9.17) is 4.84 Å². The summed E-state index contributed by atoms with van der Waals surface area (Å²) < 4.78 is 1.06. The molecule has 1 rings (SSSR count). The number of likely N-dealkylation sites (tertiary alicyclic amines) is 1. The minimum absolute atomic E-state index is 0. The number of hydrogen-bond donors (Lipinski definition) is 2. The second-order valence-corrected chi connectivity index (χ2v) is 4.55. The fourth-order valence-corrected chi connectivity index (χ4v) is 2.32. The molecule has 1 heterocycles. The number of quaternary nitrogens is 1. The first kappa shape index (κ1) is 25.5. The fraction of sp³-hybridized carbons (Fsp3) is 1.00. The molecule has 1 fully saturated rings. The number of hydrogen-bond acceptors (Lipinski definition) is 3. The zero-order chi connectivity index (χ0) is 13.1. The van der Waals surface area contributed by atoms with Crippen molar-refractivity contribution in [2.75, 3.05) is 39.3 Å². The third-order valence-electron chi connectivity index (χ3n) is 2.99. The summed E-state index contributed by atoms with van der Waals surface area (Å²) in [5, 5.41) is 9.38. The summed E-state index contributed by atoms with van der Waals surface area (Å²) in [6.45, 7) is 10.0. The number of nitrogens with zero attached hydrogens (tertiary/aromatic N) is 1. The molecule has 1 aliphatic heterocycles. The molecular weight excluding hydrogens is 493 g/mol. The van der Waals surface area contributed by atoms with Crippen LogP contribution in [0.3, 0.4) is 0 Å². The van der Waals surface area contributed by atoms with Gasteiger partial charge >= 0.3 is 0 Å². The molecule has 1 aliphatic rings. The molecule has 0 aromatic heterocycles. The molecule has 4 nitrogen and oxygen atoms in total. The molecular formula is C12H29ClI2N2O2. The summed E-state index contributed by atoms with van der Waals surface area (Å²) in [5.41, 5.74) is 2.99. The van der Waals surface area contributed by atoms with Gasteiger partial charge in [0.2, 0.25) is 0 Å². The van der Waals surface area contributed by atoms with Crippen LogP contribution in [0.4, 0.5) is 0 Å². The van der Waals surface area contributed by atoms with Crippen LogP contribution in [0, 0.1) is 0 Å². The lowest BCUT2D eigenvalue weighted by molar-refractivity contribution is -0.971. The van der Waals surface area contributed by atoms with Crippen molar-refractivity contribution in [2.24, 2.45) is 0 Å². The Morgan fingerprint density at radius 3 is 2.21 bits per heavy atom. The summed E-state index contributed by atoms with van der Waals surface area (Å²) in [7, 11) is 0. The highest BCUT2D eigenvalue weighted by atomic mass is 128. The van der Waals surface area contributed by atoms with E-state index in [1.54, 1.807) is 0 Å². The Labute approximate surface area is 148 Å². The molecule has 0 bridgehead atoms. The molecule has 1 saturated heterocycles. The molecule has 19 heavy (non-hydrogen) atoms. The molecule has 2 N–H and O–H groups in total. The van der Waals surface area contributed by atoms with E-state index < -0.39 is 0 Å². The van der Waals surface area contributed by atoms with Crippen molar-refractivity contribution in [1.82, 2.24) is 5.48 Å². The average Bonchev–Trinajstić information content (AvgIpc) is 2.30. The molecule has 0 aliphatic carbocycles. The topological polar surface area (TPSA) is 41.5 Å². The van der Waals surface area contributed by atoms with Crippen LogP contribution in [0.2, 0.25) is 0 Å². The number of aliphatic hydroxyl groups excluding tert-OH is 1. The van der Waals surface area contributed by atoms with Gasteiger partial charge in [-0.25, -0.2) is 0 Å². The van der Waals surface area contributed by atoms with Gasteiger partial charge in [-0.3, -0.25) is 0 Å². The largest absolute Gasteiger partial charge is 1.00 e. The lowest BCUT2D eigenvalue weighted by atomic mass is 10.1. The van der Waals surface area contributed by atoms with Gasteiger partial charge in [0.25, 0.3) is 0 Å². The number of halogens is 3. The van der Waals surface area contributed by atoms with Crippen molar-refractivity contribution in [3.8, 4) is 0 Å². The number of hydroxylamine groups is 1. The Morgan fingerprint density at radius 1 is 1.21 bits per heavy atom.